The predicted octanol–water partition coefficient (Wildman–Crippen LogP) is 1.13. The first-order valence-electron chi connectivity index (χ1n) is 6.93. The summed E-state index contributed by atoms with van der Waals surface area (Å²) >= 11 is 0. The van der Waals surface area contributed by atoms with E-state index in [2.05, 4.69) is 5.32 Å². The van der Waals surface area contributed by atoms with Crippen LogP contribution in [0.5, 0.6) is 0 Å². The second-order valence-corrected chi connectivity index (χ2v) is 4.92. The van der Waals surface area contributed by atoms with Crippen LogP contribution in [0.4, 0.5) is 0 Å². The van der Waals surface area contributed by atoms with Crippen LogP contribution in [0.15, 0.2) is 47.1 Å². The number of benzene rings is 1. The van der Waals surface area contributed by atoms with E-state index in [1.807, 2.05) is 30.3 Å². The molecule has 0 spiro atoms. The van der Waals surface area contributed by atoms with E-state index in [0.29, 0.717) is 17.9 Å². The van der Waals surface area contributed by atoms with Crippen LogP contribution in [0.2, 0.25) is 0 Å². The topological polar surface area (TPSA) is 88.6 Å². The van der Waals surface area contributed by atoms with Gasteiger partial charge < -0.3 is 20.4 Å². The summed E-state index contributed by atoms with van der Waals surface area (Å²) in [6.07, 6.45) is 1.33. The molecule has 6 heteroatoms. The standard InChI is InChI=1S/C16H19N3O3/c1-19(10-12-5-3-2-4-6-12)15(20)9-18-16(21)13-7-14(8-17)22-11-13/h2-7,11H,8-10,17H2,1H3,(H,18,21). The molecular weight excluding hydrogens is 282 g/mol. The number of nitrogens with one attached hydrogen (secondary N) is 1. The summed E-state index contributed by atoms with van der Waals surface area (Å²) in [5.41, 5.74) is 6.81. The largest absolute Gasteiger partial charge is 0.467 e. The van der Waals surface area contributed by atoms with Crippen LogP contribution in [-0.2, 0) is 17.9 Å². The molecule has 1 aromatic heterocycles. The maximum absolute atomic E-state index is 12.0. The van der Waals surface area contributed by atoms with E-state index in [1.165, 1.54) is 6.26 Å². The number of furan rings is 1. The van der Waals surface area contributed by atoms with Crippen molar-refractivity contribution in [3.05, 3.63) is 59.5 Å². The van der Waals surface area contributed by atoms with Gasteiger partial charge in [0.2, 0.25) is 5.91 Å². The summed E-state index contributed by atoms with van der Waals surface area (Å²) in [6.45, 7) is 0.663. The molecule has 6 nitrogen and oxygen atoms in total. The number of hydrogen-bond donors (Lipinski definition) is 2. The molecule has 22 heavy (non-hydrogen) atoms. The van der Waals surface area contributed by atoms with Crippen molar-refractivity contribution in [1.82, 2.24) is 10.2 Å². The average molecular weight is 301 g/mol. The number of nitrogens with zero attached hydrogens (tertiary/aromatic N) is 1. The van der Waals surface area contributed by atoms with Crippen molar-refractivity contribution < 1.29 is 14.0 Å². The second-order valence-electron chi connectivity index (χ2n) is 4.92. The number of rotatable bonds is 6. The molecule has 0 aliphatic heterocycles. The van der Waals surface area contributed by atoms with Gasteiger partial charge in [-0.25, -0.2) is 0 Å². The molecule has 1 heterocycles. The first kappa shape index (κ1) is 15.8. The van der Waals surface area contributed by atoms with Gasteiger partial charge in [0, 0.05) is 13.6 Å². The Morgan fingerprint density at radius 1 is 1.27 bits per heavy atom. The van der Waals surface area contributed by atoms with Crippen molar-refractivity contribution in [2.24, 2.45) is 5.73 Å². The van der Waals surface area contributed by atoms with Crippen LogP contribution in [0, 0.1) is 0 Å². The molecule has 0 radical (unpaired) electrons. The molecule has 2 aromatic rings. The molecule has 1 aromatic carbocycles. The van der Waals surface area contributed by atoms with Crippen LogP contribution < -0.4 is 11.1 Å². The maximum Gasteiger partial charge on any atom is 0.254 e. The van der Waals surface area contributed by atoms with Gasteiger partial charge >= 0.3 is 0 Å². The van der Waals surface area contributed by atoms with Crippen LogP contribution >= 0.6 is 0 Å². The van der Waals surface area contributed by atoms with Gasteiger partial charge in [-0.05, 0) is 11.6 Å². The first-order valence-corrected chi connectivity index (χ1v) is 6.93. The quantitative estimate of drug-likeness (QED) is 0.837. The van der Waals surface area contributed by atoms with Gasteiger partial charge in [-0.2, -0.15) is 0 Å². The van der Waals surface area contributed by atoms with Gasteiger partial charge in [0.25, 0.3) is 5.91 Å². The highest BCUT2D eigenvalue weighted by atomic mass is 16.3. The fourth-order valence-electron chi connectivity index (χ4n) is 1.95. The third kappa shape index (κ3) is 4.20. The minimum atomic E-state index is -0.357. The Morgan fingerprint density at radius 2 is 2.00 bits per heavy atom. The average Bonchev–Trinajstić information content (AvgIpc) is 3.02. The summed E-state index contributed by atoms with van der Waals surface area (Å²) in [5, 5.41) is 2.57. The molecule has 2 rings (SSSR count). The molecule has 0 aliphatic rings. The van der Waals surface area contributed by atoms with E-state index in [1.54, 1.807) is 18.0 Å². The molecule has 0 bridgehead atoms. The summed E-state index contributed by atoms with van der Waals surface area (Å²) in [5.74, 6) is 0.00216. The highest BCUT2D eigenvalue weighted by molar-refractivity contribution is 5.96. The number of hydrogen-bond acceptors (Lipinski definition) is 4. The third-order valence-electron chi connectivity index (χ3n) is 3.21. The lowest BCUT2D eigenvalue weighted by Gasteiger charge is -2.17. The van der Waals surface area contributed by atoms with E-state index in [-0.39, 0.29) is 24.9 Å². The summed E-state index contributed by atoms with van der Waals surface area (Å²) in [4.78, 5) is 25.5. The lowest BCUT2D eigenvalue weighted by atomic mass is 10.2. The normalized spacial score (nSPS) is 10.3. The smallest absolute Gasteiger partial charge is 0.254 e. The van der Waals surface area contributed by atoms with Crippen molar-refractivity contribution in [2.75, 3.05) is 13.6 Å². The molecule has 0 saturated heterocycles. The SMILES string of the molecule is CN(Cc1ccccc1)C(=O)CNC(=O)c1coc(CN)c1. The summed E-state index contributed by atoms with van der Waals surface area (Å²) < 4.78 is 5.09. The Bertz CT molecular complexity index is 637. The van der Waals surface area contributed by atoms with E-state index in [0.717, 1.165) is 5.56 Å². The lowest BCUT2D eigenvalue weighted by Crippen LogP contribution is -2.37. The molecule has 3 N–H and O–H groups in total. The minimum absolute atomic E-state index is 0.0642. The van der Waals surface area contributed by atoms with Gasteiger partial charge in [-0.3, -0.25) is 9.59 Å². The molecule has 0 fully saturated rings. The number of nitrogens with two attached hydrogens (primary N) is 1. The highest BCUT2D eigenvalue weighted by Crippen LogP contribution is 2.07. The van der Waals surface area contributed by atoms with E-state index in [9.17, 15) is 9.59 Å². The molecule has 116 valence electrons. The molecule has 2 amide bonds. The fourth-order valence-corrected chi connectivity index (χ4v) is 1.95. The van der Waals surface area contributed by atoms with E-state index in [4.69, 9.17) is 10.2 Å². The Hall–Kier alpha value is -2.60. The fraction of sp³-hybridized carbons (Fsp3) is 0.250. The van der Waals surface area contributed by atoms with Crippen LogP contribution in [0.1, 0.15) is 21.7 Å². The number of likely N-dealkylation sites (N-methyl/N-ethyl adjacent to an activating group) is 1. The Morgan fingerprint density at radius 3 is 2.64 bits per heavy atom. The molecule has 0 atom stereocenters. The van der Waals surface area contributed by atoms with Gasteiger partial charge in [0.15, 0.2) is 0 Å². The molecule has 0 aliphatic carbocycles. The van der Waals surface area contributed by atoms with E-state index < -0.39 is 0 Å². The second kappa shape index (κ2) is 7.42. The van der Waals surface area contributed by atoms with Crippen molar-refractivity contribution in [3.8, 4) is 0 Å². The van der Waals surface area contributed by atoms with Crippen molar-refractivity contribution >= 4 is 11.8 Å². The zero-order chi connectivity index (χ0) is 15.9. The van der Waals surface area contributed by atoms with Crippen molar-refractivity contribution in [1.29, 1.82) is 0 Å². The summed E-state index contributed by atoms with van der Waals surface area (Å²) in [6, 6.07) is 11.2. The van der Waals surface area contributed by atoms with Gasteiger partial charge in [-0.1, -0.05) is 30.3 Å². The number of amides is 2. The monoisotopic (exact) mass is 301 g/mol. The Labute approximate surface area is 128 Å². The molecular formula is C16H19N3O3. The first-order chi connectivity index (χ1) is 10.6. The van der Waals surface area contributed by atoms with Crippen LogP contribution in [-0.4, -0.2) is 30.3 Å². The lowest BCUT2D eigenvalue weighted by molar-refractivity contribution is -0.129. The van der Waals surface area contributed by atoms with Gasteiger partial charge in [-0.15, -0.1) is 0 Å². The Balaban J connectivity index is 1.82. The van der Waals surface area contributed by atoms with Crippen LogP contribution in [0.25, 0.3) is 0 Å². The highest BCUT2D eigenvalue weighted by Gasteiger charge is 2.13. The number of carbonyl (C=O) groups excluding carboxylic acids is 2. The van der Waals surface area contributed by atoms with Gasteiger partial charge in [0.1, 0.15) is 12.0 Å². The number of carbonyl (C=O) groups is 2. The predicted molar refractivity (Wildman–Crippen MR) is 81.8 cm³/mol. The third-order valence-corrected chi connectivity index (χ3v) is 3.21. The Kier molecular flexibility index (Phi) is 5.32. The molecule has 0 saturated carbocycles. The van der Waals surface area contributed by atoms with Crippen LogP contribution in [0.3, 0.4) is 0 Å². The molecule has 0 unspecified atom stereocenters. The van der Waals surface area contributed by atoms with E-state index >= 15 is 0 Å². The summed E-state index contributed by atoms with van der Waals surface area (Å²) in [7, 11) is 1.70. The minimum Gasteiger partial charge on any atom is -0.467 e. The zero-order valence-corrected chi connectivity index (χ0v) is 12.4. The van der Waals surface area contributed by atoms with Crippen molar-refractivity contribution in [2.45, 2.75) is 13.1 Å². The zero-order valence-electron chi connectivity index (χ0n) is 12.4. The maximum atomic E-state index is 12.0. The van der Waals surface area contributed by atoms with Crippen molar-refractivity contribution in [3.63, 3.8) is 0 Å². The van der Waals surface area contributed by atoms with Gasteiger partial charge in [0.05, 0.1) is 18.7 Å².